The number of halogens is 1. The lowest BCUT2D eigenvalue weighted by Gasteiger charge is -2.06. The van der Waals surface area contributed by atoms with Crippen molar-refractivity contribution in [1.82, 2.24) is 9.99 Å². The van der Waals surface area contributed by atoms with Crippen molar-refractivity contribution >= 4 is 41.0 Å². The molecule has 1 N–H and O–H groups in total. The van der Waals surface area contributed by atoms with E-state index >= 15 is 0 Å². The molecule has 1 heterocycles. The maximum absolute atomic E-state index is 12.3. The van der Waals surface area contributed by atoms with Crippen LogP contribution < -0.4 is 15.0 Å². The third-order valence-corrected chi connectivity index (χ3v) is 5.46. The number of thiazole rings is 1. The van der Waals surface area contributed by atoms with Gasteiger partial charge in [0, 0.05) is 0 Å². The number of rotatable bonds is 8. The summed E-state index contributed by atoms with van der Waals surface area (Å²) in [7, 11) is 1.30. The van der Waals surface area contributed by atoms with Gasteiger partial charge in [-0.2, -0.15) is 5.10 Å². The zero-order valence-corrected chi connectivity index (χ0v) is 18.0. The second kappa shape index (κ2) is 10.6. The molecular weight excluding hydrogens is 442 g/mol. The maximum atomic E-state index is 12.3. The molecule has 8 nitrogen and oxygen atoms in total. The second-order valence-corrected chi connectivity index (χ2v) is 7.55. The molecule has 3 aromatic rings. The van der Waals surface area contributed by atoms with Gasteiger partial charge in [0.15, 0.2) is 6.61 Å². The minimum Gasteiger partial charge on any atom is -0.484 e. The molecule has 3 rings (SSSR count). The first-order valence-corrected chi connectivity index (χ1v) is 10.2. The van der Waals surface area contributed by atoms with Crippen LogP contribution in [0.2, 0.25) is 5.15 Å². The van der Waals surface area contributed by atoms with Gasteiger partial charge >= 0.3 is 10.8 Å². The summed E-state index contributed by atoms with van der Waals surface area (Å²) in [5, 5.41) is 4.01. The van der Waals surface area contributed by atoms with E-state index in [4.69, 9.17) is 21.1 Å². The zero-order valence-electron chi connectivity index (χ0n) is 16.4. The number of esters is 1. The van der Waals surface area contributed by atoms with Crippen molar-refractivity contribution in [2.45, 2.75) is 6.54 Å². The van der Waals surface area contributed by atoms with Crippen LogP contribution in [0.25, 0.3) is 0 Å². The van der Waals surface area contributed by atoms with Gasteiger partial charge in [0.1, 0.15) is 10.9 Å². The summed E-state index contributed by atoms with van der Waals surface area (Å²) in [4.78, 5) is 35.9. The average molecular weight is 460 g/mol. The minimum absolute atomic E-state index is 0.171. The molecule has 1 aromatic heterocycles. The number of methoxy groups -OCH3 is 1. The van der Waals surface area contributed by atoms with Crippen molar-refractivity contribution < 1.29 is 19.1 Å². The van der Waals surface area contributed by atoms with Crippen LogP contribution in [0.4, 0.5) is 0 Å². The van der Waals surface area contributed by atoms with Gasteiger partial charge in [-0.15, -0.1) is 0 Å². The quantitative estimate of drug-likeness (QED) is 0.317. The Labute approximate surface area is 186 Å². The number of amides is 1. The predicted molar refractivity (Wildman–Crippen MR) is 118 cm³/mol. The Kier molecular flexibility index (Phi) is 7.58. The Morgan fingerprint density at radius 1 is 1.19 bits per heavy atom. The number of para-hydroxylation sites is 1. The van der Waals surface area contributed by atoms with Gasteiger partial charge in [-0.25, -0.2) is 10.2 Å². The fraction of sp³-hybridized carbons (Fsp3) is 0.143. The standard InChI is InChI=1S/C21H18ClN3O5S/c1-29-20(27)15-7-5-6-14(10-15)12-25-19(22)17(31-21(25)28)11-23-24-18(26)13-30-16-8-3-2-4-9-16/h2-11H,12-13H2,1H3,(H,24,26). The van der Waals surface area contributed by atoms with Crippen molar-refractivity contribution in [3.05, 3.63) is 85.4 Å². The van der Waals surface area contributed by atoms with Crippen LogP contribution in [-0.2, 0) is 16.1 Å². The van der Waals surface area contributed by atoms with E-state index in [2.05, 4.69) is 10.5 Å². The Bertz CT molecular complexity index is 1160. The SMILES string of the molecule is COC(=O)c1cccc(Cn2c(Cl)c(C=NNC(=O)COc3ccccc3)sc2=O)c1. The van der Waals surface area contributed by atoms with Gasteiger partial charge in [0.05, 0.1) is 30.3 Å². The summed E-state index contributed by atoms with van der Waals surface area (Å²) in [5.74, 6) is -0.357. The second-order valence-electron chi connectivity index (χ2n) is 6.20. The summed E-state index contributed by atoms with van der Waals surface area (Å²) in [6.45, 7) is -0.0347. The van der Waals surface area contributed by atoms with Gasteiger partial charge in [-0.3, -0.25) is 14.2 Å². The van der Waals surface area contributed by atoms with Crippen LogP contribution in [0.15, 0.2) is 64.5 Å². The molecule has 0 aliphatic carbocycles. The van der Waals surface area contributed by atoms with Crippen LogP contribution in [0.3, 0.4) is 0 Å². The number of carbonyl (C=O) groups is 2. The Hall–Kier alpha value is -3.43. The van der Waals surface area contributed by atoms with Crippen LogP contribution in [0.1, 0.15) is 20.8 Å². The summed E-state index contributed by atoms with van der Waals surface area (Å²) in [5.41, 5.74) is 3.41. The van der Waals surface area contributed by atoms with E-state index in [9.17, 15) is 14.4 Å². The van der Waals surface area contributed by atoms with E-state index in [1.54, 1.807) is 48.5 Å². The van der Waals surface area contributed by atoms with Crippen LogP contribution >= 0.6 is 22.9 Å². The van der Waals surface area contributed by atoms with E-state index in [0.29, 0.717) is 21.8 Å². The highest BCUT2D eigenvalue weighted by molar-refractivity contribution is 7.11. The van der Waals surface area contributed by atoms with Gasteiger partial charge in [-0.05, 0) is 29.8 Å². The first kappa shape index (κ1) is 22.3. The molecule has 1 amide bonds. The van der Waals surface area contributed by atoms with Crippen LogP contribution in [0, 0.1) is 0 Å². The summed E-state index contributed by atoms with van der Waals surface area (Å²) in [6.07, 6.45) is 1.30. The molecule has 2 aromatic carbocycles. The number of ether oxygens (including phenoxy) is 2. The van der Waals surface area contributed by atoms with Crippen LogP contribution in [0.5, 0.6) is 5.75 Å². The largest absolute Gasteiger partial charge is 0.484 e. The van der Waals surface area contributed by atoms with Crippen molar-refractivity contribution in [2.24, 2.45) is 5.10 Å². The third kappa shape index (κ3) is 6.03. The Morgan fingerprint density at radius 3 is 2.71 bits per heavy atom. The van der Waals surface area contributed by atoms with Gasteiger partial charge < -0.3 is 9.47 Å². The lowest BCUT2D eigenvalue weighted by molar-refractivity contribution is -0.123. The summed E-state index contributed by atoms with van der Waals surface area (Å²) >= 11 is 7.21. The van der Waals surface area contributed by atoms with Crippen molar-refractivity contribution in [3.8, 4) is 5.75 Å². The lowest BCUT2D eigenvalue weighted by atomic mass is 10.1. The molecule has 0 bridgehead atoms. The molecule has 31 heavy (non-hydrogen) atoms. The average Bonchev–Trinajstić information content (AvgIpc) is 3.05. The van der Waals surface area contributed by atoms with E-state index < -0.39 is 11.9 Å². The molecule has 160 valence electrons. The number of hydrogen-bond donors (Lipinski definition) is 1. The number of benzene rings is 2. The highest BCUT2D eigenvalue weighted by atomic mass is 35.5. The van der Waals surface area contributed by atoms with Crippen molar-refractivity contribution in [1.29, 1.82) is 0 Å². The highest BCUT2D eigenvalue weighted by Gasteiger charge is 2.13. The van der Waals surface area contributed by atoms with Crippen LogP contribution in [-0.4, -0.2) is 36.4 Å². The Balaban J connectivity index is 1.62. The first-order chi connectivity index (χ1) is 15.0. The molecule has 0 saturated heterocycles. The summed E-state index contributed by atoms with van der Waals surface area (Å²) in [6, 6.07) is 15.6. The molecule has 0 saturated carbocycles. The molecule has 0 atom stereocenters. The third-order valence-electron chi connectivity index (χ3n) is 4.03. The number of nitrogens with zero attached hydrogens (tertiary/aromatic N) is 2. The zero-order chi connectivity index (χ0) is 22.2. The van der Waals surface area contributed by atoms with Crippen molar-refractivity contribution in [3.63, 3.8) is 0 Å². The van der Waals surface area contributed by atoms with E-state index in [0.717, 1.165) is 11.3 Å². The monoisotopic (exact) mass is 459 g/mol. The molecule has 0 aliphatic rings. The van der Waals surface area contributed by atoms with E-state index in [1.807, 2.05) is 6.07 Å². The number of hydrazone groups is 1. The summed E-state index contributed by atoms with van der Waals surface area (Å²) < 4.78 is 11.4. The number of hydrogen-bond acceptors (Lipinski definition) is 7. The smallest absolute Gasteiger partial charge is 0.337 e. The molecule has 0 fully saturated rings. The first-order valence-electron chi connectivity index (χ1n) is 9.04. The van der Waals surface area contributed by atoms with E-state index in [1.165, 1.54) is 17.9 Å². The van der Waals surface area contributed by atoms with Gasteiger partial charge in [0.2, 0.25) is 0 Å². The maximum Gasteiger partial charge on any atom is 0.337 e. The molecule has 0 unspecified atom stereocenters. The molecule has 0 aliphatic heterocycles. The Morgan fingerprint density at radius 2 is 1.97 bits per heavy atom. The lowest BCUT2D eigenvalue weighted by Crippen LogP contribution is -2.24. The molecular formula is C21H18ClN3O5S. The molecule has 0 radical (unpaired) electrons. The molecule has 10 heteroatoms. The van der Waals surface area contributed by atoms with Crippen molar-refractivity contribution in [2.75, 3.05) is 13.7 Å². The highest BCUT2D eigenvalue weighted by Crippen LogP contribution is 2.19. The number of aromatic nitrogens is 1. The fourth-order valence-electron chi connectivity index (χ4n) is 2.58. The van der Waals surface area contributed by atoms with E-state index in [-0.39, 0.29) is 23.2 Å². The predicted octanol–water partition coefficient (Wildman–Crippen LogP) is 2.93. The normalized spacial score (nSPS) is 10.8. The van der Waals surface area contributed by atoms with Gasteiger partial charge in [0.25, 0.3) is 5.91 Å². The fourth-order valence-corrected chi connectivity index (χ4v) is 3.68. The minimum atomic E-state index is -0.467. The number of carbonyl (C=O) groups excluding carboxylic acids is 2. The topological polar surface area (TPSA) is 99.0 Å². The molecule has 0 spiro atoms. The number of nitrogens with one attached hydrogen (secondary N) is 1. The van der Waals surface area contributed by atoms with Gasteiger partial charge in [-0.1, -0.05) is 53.3 Å².